The number of fused-ring (bicyclic) bond motifs is 2. The average molecular weight is 473 g/mol. The van der Waals surface area contributed by atoms with Gasteiger partial charge in [-0.3, -0.25) is 4.79 Å². The predicted molar refractivity (Wildman–Crippen MR) is 130 cm³/mol. The maximum absolute atomic E-state index is 12.3. The Morgan fingerprint density at radius 2 is 1.31 bits per heavy atom. The van der Waals surface area contributed by atoms with Crippen molar-refractivity contribution < 1.29 is 20.1 Å². The van der Waals surface area contributed by atoms with Gasteiger partial charge in [-0.05, 0) is 48.7 Å². The van der Waals surface area contributed by atoms with Crippen molar-refractivity contribution >= 4 is 27.9 Å². The second-order valence-electron chi connectivity index (χ2n) is 8.39. The molecule has 0 aliphatic carbocycles. The molecule has 178 valence electrons. The molecule has 0 unspecified atom stereocenters. The Kier molecular flexibility index (Phi) is 5.56. The Morgan fingerprint density at radius 1 is 0.743 bits per heavy atom. The lowest BCUT2D eigenvalue weighted by Crippen LogP contribution is -2.05. The molecule has 2 heterocycles. The lowest BCUT2D eigenvalue weighted by molar-refractivity contribution is 0.0982. The average Bonchev–Trinajstić information content (AvgIpc) is 3.42. The first kappa shape index (κ1) is 22.3. The van der Waals surface area contributed by atoms with E-state index in [1.54, 1.807) is 18.2 Å². The number of nitrogens with zero attached hydrogens (tertiary/aromatic N) is 6. The fourth-order valence-electron chi connectivity index (χ4n) is 4.08. The second-order valence-corrected chi connectivity index (χ2v) is 8.39. The van der Waals surface area contributed by atoms with Crippen molar-refractivity contribution in [2.45, 2.75) is 39.5 Å². The fraction of sp³-hybridized carbons (Fsp3) is 0.240. The van der Waals surface area contributed by atoms with Gasteiger partial charge in [-0.2, -0.15) is 0 Å². The van der Waals surface area contributed by atoms with Crippen LogP contribution in [0.25, 0.3) is 33.4 Å². The molecule has 0 radical (unpaired) electrons. The number of ketones is 1. The van der Waals surface area contributed by atoms with Crippen molar-refractivity contribution in [1.29, 1.82) is 0 Å². The highest BCUT2D eigenvalue weighted by atomic mass is 16.3. The van der Waals surface area contributed by atoms with Gasteiger partial charge in [0.1, 0.15) is 22.1 Å². The van der Waals surface area contributed by atoms with Gasteiger partial charge >= 0.3 is 0 Å². The van der Waals surface area contributed by atoms with Gasteiger partial charge in [0.15, 0.2) is 34.4 Å². The van der Waals surface area contributed by atoms with E-state index < -0.39 is 17.2 Å². The third-order valence-corrected chi connectivity index (χ3v) is 5.77. The molecule has 0 fully saturated rings. The molecule has 0 saturated carbocycles. The summed E-state index contributed by atoms with van der Waals surface area (Å²) in [6, 6.07) is 11.7. The molecule has 5 aromatic rings. The highest BCUT2D eigenvalue weighted by Crippen LogP contribution is 2.41. The van der Waals surface area contributed by atoms with Crippen LogP contribution in [-0.2, 0) is 6.42 Å². The molecule has 0 aliphatic rings. The summed E-state index contributed by atoms with van der Waals surface area (Å²) in [7, 11) is 0. The largest absolute Gasteiger partial charge is 0.505 e. The van der Waals surface area contributed by atoms with E-state index in [-0.39, 0.29) is 17.2 Å². The monoisotopic (exact) mass is 472 g/mol. The third-order valence-electron chi connectivity index (χ3n) is 5.77. The number of phenols is 3. The molecule has 3 aromatic carbocycles. The van der Waals surface area contributed by atoms with E-state index in [4.69, 9.17) is 0 Å². The van der Waals surface area contributed by atoms with Crippen molar-refractivity contribution in [3.05, 3.63) is 53.6 Å². The summed E-state index contributed by atoms with van der Waals surface area (Å²) >= 11 is 0. The number of carbonyl (C=O) groups is 1. The molecule has 2 aromatic heterocycles. The fourth-order valence-corrected chi connectivity index (χ4v) is 4.08. The highest BCUT2D eigenvalue weighted by molar-refractivity contribution is 5.98. The molecule has 3 N–H and O–H groups in total. The standard InChI is InChI=1S/C25H24N6O4/c1-3-5-14-7-9-16-18(11-14)28-30(26-16)23-21(33)13-22(34)24(25(23)35)31-27-17-10-8-15(12-19(17)29-31)20(32)6-4-2/h7-13,33-35H,3-6H2,1-2H3. The predicted octanol–water partition coefficient (Wildman–Crippen LogP) is 4.21. The van der Waals surface area contributed by atoms with Crippen LogP contribution in [0.3, 0.4) is 0 Å². The molecule has 0 spiro atoms. The third kappa shape index (κ3) is 3.92. The number of hydrogen-bond donors (Lipinski definition) is 3. The smallest absolute Gasteiger partial charge is 0.178 e. The number of rotatable bonds is 7. The first-order chi connectivity index (χ1) is 16.9. The summed E-state index contributed by atoms with van der Waals surface area (Å²) in [5, 5.41) is 49.6. The van der Waals surface area contributed by atoms with E-state index in [0.29, 0.717) is 34.1 Å². The maximum atomic E-state index is 12.3. The summed E-state index contributed by atoms with van der Waals surface area (Å²) in [5.74, 6) is -1.35. The highest BCUT2D eigenvalue weighted by Gasteiger charge is 2.24. The molecular weight excluding hydrogens is 448 g/mol. The molecule has 35 heavy (non-hydrogen) atoms. The molecule has 10 heteroatoms. The lowest BCUT2D eigenvalue weighted by atomic mass is 10.1. The lowest BCUT2D eigenvalue weighted by Gasteiger charge is -2.11. The van der Waals surface area contributed by atoms with Gasteiger partial charge in [0.2, 0.25) is 0 Å². The van der Waals surface area contributed by atoms with Crippen LogP contribution >= 0.6 is 0 Å². The number of benzene rings is 3. The van der Waals surface area contributed by atoms with E-state index in [1.165, 1.54) is 0 Å². The number of hydrogen-bond acceptors (Lipinski definition) is 8. The first-order valence-corrected chi connectivity index (χ1v) is 11.4. The molecular formula is C25H24N6O4. The number of aromatic hydroxyl groups is 3. The van der Waals surface area contributed by atoms with Crippen molar-refractivity contribution in [1.82, 2.24) is 30.0 Å². The Hall–Kier alpha value is -4.47. The van der Waals surface area contributed by atoms with E-state index in [0.717, 1.165) is 40.5 Å². The van der Waals surface area contributed by atoms with Gasteiger partial charge in [0.25, 0.3) is 0 Å². The molecule has 0 amide bonds. The summed E-state index contributed by atoms with van der Waals surface area (Å²) in [5.41, 5.74) is 3.44. The number of aryl methyl sites for hydroxylation is 1. The second kappa shape index (κ2) is 8.71. The van der Waals surface area contributed by atoms with Crippen LogP contribution in [0.2, 0.25) is 0 Å². The van der Waals surface area contributed by atoms with Crippen LogP contribution in [0.1, 0.15) is 49.0 Å². The zero-order valence-electron chi connectivity index (χ0n) is 19.3. The van der Waals surface area contributed by atoms with Crippen molar-refractivity contribution in [2.24, 2.45) is 0 Å². The first-order valence-electron chi connectivity index (χ1n) is 11.4. The van der Waals surface area contributed by atoms with Gasteiger partial charge < -0.3 is 15.3 Å². The van der Waals surface area contributed by atoms with E-state index in [2.05, 4.69) is 27.3 Å². The Balaban J connectivity index is 1.62. The van der Waals surface area contributed by atoms with Gasteiger partial charge in [0.05, 0.1) is 0 Å². The Morgan fingerprint density at radius 3 is 1.91 bits per heavy atom. The quantitative estimate of drug-likeness (QED) is 0.299. The van der Waals surface area contributed by atoms with E-state index >= 15 is 0 Å². The van der Waals surface area contributed by atoms with Crippen LogP contribution < -0.4 is 0 Å². The van der Waals surface area contributed by atoms with Crippen LogP contribution in [-0.4, -0.2) is 51.1 Å². The van der Waals surface area contributed by atoms with Crippen LogP contribution in [0.15, 0.2) is 42.5 Å². The maximum Gasteiger partial charge on any atom is 0.178 e. The van der Waals surface area contributed by atoms with Crippen LogP contribution in [0.4, 0.5) is 0 Å². The molecule has 0 saturated heterocycles. The van der Waals surface area contributed by atoms with Crippen molar-refractivity contribution in [2.75, 3.05) is 0 Å². The minimum Gasteiger partial charge on any atom is -0.505 e. The summed E-state index contributed by atoms with van der Waals surface area (Å²) < 4.78 is 0. The summed E-state index contributed by atoms with van der Waals surface area (Å²) in [6.45, 7) is 4.02. The SMILES string of the molecule is CCCC(=O)c1ccc2nn(-c3c(O)cc(O)c(-n4nc5ccc(CCC)cc5n4)c3O)nc2c1. The number of phenolic OH excluding ortho intramolecular Hbond substituents is 3. The topological polar surface area (TPSA) is 139 Å². The minimum atomic E-state index is -0.501. The number of Topliss-reactive ketones (excluding diaryl/α,β-unsaturated/α-hetero) is 1. The zero-order chi connectivity index (χ0) is 24.7. The van der Waals surface area contributed by atoms with Gasteiger partial charge in [-0.15, -0.1) is 30.0 Å². The minimum absolute atomic E-state index is 0.000445. The number of aromatic nitrogens is 6. The molecule has 5 rings (SSSR count). The molecule has 0 bridgehead atoms. The Labute approximate surface area is 200 Å². The molecule has 10 nitrogen and oxygen atoms in total. The molecule has 0 aliphatic heterocycles. The van der Waals surface area contributed by atoms with E-state index in [1.807, 2.05) is 25.1 Å². The number of carbonyl (C=O) groups excluding carboxylic acids is 1. The summed E-state index contributed by atoms with van der Waals surface area (Å²) in [6.07, 6.45) is 3.04. The normalized spacial score (nSPS) is 11.5. The van der Waals surface area contributed by atoms with Crippen molar-refractivity contribution in [3.63, 3.8) is 0 Å². The van der Waals surface area contributed by atoms with Gasteiger partial charge in [-0.25, -0.2) is 0 Å². The molecule has 0 atom stereocenters. The van der Waals surface area contributed by atoms with Crippen LogP contribution in [0.5, 0.6) is 17.2 Å². The van der Waals surface area contributed by atoms with Gasteiger partial charge in [-0.1, -0.05) is 26.3 Å². The zero-order valence-corrected chi connectivity index (χ0v) is 19.3. The van der Waals surface area contributed by atoms with Gasteiger partial charge in [0, 0.05) is 18.1 Å². The Bertz CT molecular complexity index is 1590. The summed E-state index contributed by atoms with van der Waals surface area (Å²) in [4.78, 5) is 14.5. The van der Waals surface area contributed by atoms with Crippen molar-refractivity contribution in [3.8, 4) is 28.6 Å². The van der Waals surface area contributed by atoms with E-state index in [9.17, 15) is 20.1 Å². The van der Waals surface area contributed by atoms with Crippen LogP contribution in [0, 0.1) is 0 Å².